The quantitative estimate of drug-likeness (QED) is 0.838. The van der Waals surface area contributed by atoms with Crippen LogP contribution in [-0.2, 0) is 4.74 Å². The maximum absolute atomic E-state index is 12.0. The first-order valence-corrected chi connectivity index (χ1v) is 7.69. The molecule has 1 fully saturated rings. The second-order valence-corrected chi connectivity index (χ2v) is 5.98. The van der Waals surface area contributed by atoms with Crippen LogP contribution < -0.4 is 5.32 Å². The Labute approximate surface area is 118 Å². The standard InChI is InChI=1S/C14H22N2O2S/c1-11-12(2)19-10-13(11)14(17)15-4-3-5-16-6-8-18-9-7-16/h10H,3-9H2,1-2H3,(H,15,17). The highest BCUT2D eigenvalue weighted by atomic mass is 32.1. The van der Waals surface area contributed by atoms with E-state index in [0.29, 0.717) is 0 Å². The molecule has 0 atom stereocenters. The number of hydrogen-bond donors (Lipinski definition) is 1. The fourth-order valence-electron chi connectivity index (χ4n) is 2.16. The van der Waals surface area contributed by atoms with Crippen molar-refractivity contribution in [3.63, 3.8) is 0 Å². The number of aryl methyl sites for hydroxylation is 1. The topological polar surface area (TPSA) is 41.6 Å². The summed E-state index contributed by atoms with van der Waals surface area (Å²) in [7, 11) is 0. The highest BCUT2D eigenvalue weighted by molar-refractivity contribution is 7.10. The highest BCUT2D eigenvalue weighted by Crippen LogP contribution is 2.20. The van der Waals surface area contributed by atoms with Crippen molar-refractivity contribution in [1.29, 1.82) is 0 Å². The number of carbonyl (C=O) groups excluding carboxylic acids is 1. The van der Waals surface area contributed by atoms with Crippen molar-refractivity contribution in [3.05, 3.63) is 21.4 Å². The molecule has 0 aliphatic carbocycles. The molecule has 1 saturated heterocycles. The Balaban J connectivity index is 1.68. The van der Waals surface area contributed by atoms with Crippen LogP contribution in [0.2, 0.25) is 0 Å². The summed E-state index contributed by atoms with van der Waals surface area (Å²) in [5.41, 5.74) is 1.93. The first-order valence-electron chi connectivity index (χ1n) is 6.81. The van der Waals surface area contributed by atoms with Crippen LogP contribution in [0.4, 0.5) is 0 Å². The summed E-state index contributed by atoms with van der Waals surface area (Å²) in [4.78, 5) is 15.6. The van der Waals surface area contributed by atoms with Gasteiger partial charge in [0.15, 0.2) is 0 Å². The van der Waals surface area contributed by atoms with Gasteiger partial charge in [-0.25, -0.2) is 0 Å². The minimum atomic E-state index is 0.0591. The second-order valence-electron chi connectivity index (χ2n) is 4.89. The zero-order valence-electron chi connectivity index (χ0n) is 11.7. The summed E-state index contributed by atoms with van der Waals surface area (Å²) >= 11 is 1.64. The van der Waals surface area contributed by atoms with Crippen LogP contribution in [0.15, 0.2) is 5.38 Å². The van der Waals surface area contributed by atoms with Crippen molar-refractivity contribution in [3.8, 4) is 0 Å². The molecular weight excluding hydrogens is 260 g/mol. The van der Waals surface area contributed by atoms with Gasteiger partial charge in [0.05, 0.1) is 18.8 Å². The first kappa shape index (κ1) is 14.5. The van der Waals surface area contributed by atoms with Crippen molar-refractivity contribution < 1.29 is 9.53 Å². The van der Waals surface area contributed by atoms with Gasteiger partial charge in [0.25, 0.3) is 5.91 Å². The molecule has 0 spiro atoms. The van der Waals surface area contributed by atoms with Gasteiger partial charge in [-0.15, -0.1) is 11.3 Å². The van der Waals surface area contributed by atoms with Crippen LogP contribution in [0.5, 0.6) is 0 Å². The number of nitrogens with zero attached hydrogens (tertiary/aromatic N) is 1. The van der Waals surface area contributed by atoms with Crippen LogP contribution in [0, 0.1) is 13.8 Å². The van der Waals surface area contributed by atoms with E-state index in [1.54, 1.807) is 11.3 Å². The molecule has 5 heteroatoms. The van der Waals surface area contributed by atoms with Gasteiger partial charge in [0, 0.05) is 29.9 Å². The minimum Gasteiger partial charge on any atom is -0.379 e. The number of carbonyl (C=O) groups is 1. The molecule has 1 amide bonds. The fraction of sp³-hybridized carbons (Fsp3) is 0.643. The number of nitrogens with one attached hydrogen (secondary N) is 1. The number of amides is 1. The Morgan fingerprint density at radius 2 is 2.16 bits per heavy atom. The van der Waals surface area contributed by atoms with Gasteiger partial charge in [-0.05, 0) is 32.4 Å². The average Bonchev–Trinajstić information content (AvgIpc) is 2.76. The van der Waals surface area contributed by atoms with Crippen molar-refractivity contribution in [1.82, 2.24) is 10.2 Å². The molecule has 0 radical (unpaired) electrons. The normalized spacial score (nSPS) is 16.5. The molecule has 2 heterocycles. The number of hydrogen-bond acceptors (Lipinski definition) is 4. The van der Waals surface area contributed by atoms with E-state index in [1.165, 1.54) is 4.88 Å². The molecule has 2 rings (SSSR count). The monoisotopic (exact) mass is 282 g/mol. The van der Waals surface area contributed by atoms with Crippen molar-refractivity contribution >= 4 is 17.2 Å². The third-order valence-corrected chi connectivity index (χ3v) is 4.58. The first-order chi connectivity index (χ1) is 9.18. The molecule has 1 aromatic heterocycles. The molecule has 0 bridgehead atoms. The Morgan fingerprint density at radius 3 is 2.79 bits per heavy atom. The van der Waals surface area contributed by atoms with Crippen molar-refractivity contribution in [2.45, 2.75) is 20.3 Å². The lowest BCUT2D eigenvalue weighted by Crippen LogP contribution is -2.38. The van der Waals surface area contributed by atoms with Crippen molar-refractivity contribution in [2.75, 3.05) is 39.4 Å². The zero-order valence-corrected chi connectivity index (χ0v) is 12.5. The molecule has 1 aromatic rings. The Bertz CT molecular complexity index is 425. The van der Waals surface area contributed by atoms with Gasteiger partial charge in [0.2, 0.25) is 0 Å². The number of morpholine rings is 1. The SMILES string of the molecule is Cc1scc(C(=O)NCCCN2CCOCC2)c1C. The van der Waals surface area contributed by atoms with Crippen LogP contribution in [-0.4, -0.2) is 50.2 Å². The second kappa shape index (κ2) is 7.03. The zero-order chi connectivity index (χ0) is 13.7. The van der Waals surface area contributed by atoms with E-state index in [1.807, 2.05) is 12.3 Å². The third kappa shape index (κ3) is 4.03. The lowest BCUT2D eigenvalue weighted by Gasteiger charge is -2.26. The fourth-order valence-corrected chi connectivity index (χ4v) is 3.03. The van der Waals surface area contributed by atoms with Gasteiger partial charge in [-0.3, -0.25) is 9.69 Å². The lowest BCUT2D eigenvalue weighted by molar-refractivity contribution is 0.0374. The van der Waals surface area contributed by atoms with Gasteiger partial charge in [0.1, 0.15) is 0 Å². The van der Waals surface area contributed by atoms with E-state index < -0.39 is 0 Å². The maximum Gasteiger partial charge on any atom is 0.252 e. The van der Waals surface area contributed by atoms with Crippen LogP contribution >= 0.6 is 11.3 Å². The van der Waals surface area contributed by atoms with Gasteiger partial charge < -0.3 is 10.1 Å². The molecule has 0 unspecified atom stereocenters. The summed E-state index contributed by atoms with van der Waals surface area (Å²) in [5.74, 6) is 0.0591. The molecule has 1 aliphatic heterocycles. The van der Waals surface area contributed by atoms with Crippen LogP contribution in [0.1, 0.15) is 27.2 Å². The van der Waals surface area contributed by atoms with Gasteiger partial charge in [-0.1, -0.05) is 0 Å². The van der Waals surface area contributed by atoms with E-state index in [9.17, 15) is 4.79 Å². The predicted octanol–water partition coefficient (Wildman–Crippen LogP) is 1.82. The molecule has 19 heavy (non-hydrogen) atoms. The lowest BCUT2D eigenvalue weighted by atomic mass is 10.1. The minimum absolute atomic E-state index is 0.0591. The smallest absolute Gasteiger partial charge is 0.252 e. The third-order valence-electron chi connectivity index (χ3n) is 3.57. The largest absolute Gasteiger partial charge is 0.379 e. The van der Waals surface area contributed by atoms with Crippen LogP contribution in [0.25, 0.3) is 0 Å². The summed E-state index contributed by atoms with van der Waals surface area (Å²) in [6, 6.07) is 0. The van der Waals surface area contributed by atoms with E-state index in [-0.39, 0.29) is 5.91 Å². The maximum atomic E-state index is 12.0. The Kier molecular flexibility index (Phi) is 5.36. The molecule has 1 N–H and O–H groups in total. The summed E-state index contributed by atoms with van der Waals surface area (Å²) in [5, 5.41) is 4.95. The molecule has 0 aromatic carbocycles. The summed E-state index contributed by atoms with van der Waals surface area (Å²) in [6.45, 7) is 9.52. The van der Waals surface area contributed by atoms with Gasteiger partial charge in [-0.2, -0.15) is 0 Å². The number of ether oxygens (including phenoxy) is 1. The number of thiophene rings is 1. The Morgan fingerprint density at radius 1 is 1.42 bits per heavy atom. The average molecular weight is 282 g/mol. The highest BCUT2D eigenvalue weighted by Gasteiger charge is 2.12. The number of rotatable bonds is 5. The van der Waals surface area contributed by atoms with E-state index in [0.717, 1.165) is 56.9 Å². The molecule has 1 aliphatic rings. The molecular formula is C14H22N2O2S. The van der Waals surface area contributed by atoms with Crippen LogP contribution in [0.3, 0.4) is 0 Å². The van der Waals surface area contributed by atoms with E-state index in [4.69, 9.17) is 4.74 Å². The van der Waals surface area contributed by atoms with Crippen molar-refractivity contribution in [2.24, 2.45) is 0 Å². The molecule has 4 nitrogen and oxygen atoms in total. The van der Waals surface area contributed by atoms with E-state index >= 15 is 0 Å². The molecule has 106 valence electrons. The summed E-state index contributed by atoms with van der Waals surface area (Å²) in [6.07, 6.45) is 0.994. The molecule has 0 saturated carbocycles. The van der Waals surface area contributed by atoms with Gasteiger partial charge >= 0.3 is 0 Å². The predicted molar refractivity (Wildman–Crippen MR) is 78.0 cm³/mol. The Hall–Kier alpha value is -0.910. The van der Waals surface area contributed by atoms with E-state index in [2.05, 4.69) is 17.1 Å². The summed E-state index contributed by atoms with van der Waals surface area (Å²) < 4.78 is 5.31.